The summed E-state index contributed by atoms with van der Waals surface area (Å²) >= 11 is 0. The van der Waals surface area contributed by atoms with Gasteiger partial charge in [0.2, 0.25) is 0 Å². The van der Waals surface area contributed by atoms with Crippen LogP contribution in [0.5, 0.6) is 0 Å². The number of hydrogen-bond donors (Lipinski definition) is 0. The largest absolute Gasteiger partial charge is 0.300 e. The molecular formula is C9H15O. The molecule has 0 fully saturated rings. The predicted molar refractivity (Wildman–Crippen MR) is 43.6 cm³/mol. The topological polar surface area (TPSA) is 17.1 Å². The predicted octanol–water partition coefficient (Wildman–Crippen LogP) is 2.53. The van der Waals surface area contributed by atoms with E-state index >= 15 is 0 Å². The van der Waals surface area contributed by atoms with Crippen molar-refractivity contribution in [3.05, 3.63) is 19.6 Å². The second-order valence-corrected chi connectivity index (χ2v) is 2.43. The quantitative estimate of drug-likeness (QED) is 0.408. The summed E-state index contributed by atoms with van der Waals surface area (Å²) in [6.45, 7) is 6.91. The van der Waals surface area contributed by atoms with Gasteiger partial charge in [0.1, 0.15) is 5.78 Å². The lowest BCUT2D eigenvalue weighted by atomic mass is 10.1. The molecule has 1 nitrogen and oxygen atoms in total. The minimum absolute atomic E-state index is 0.0543. The molecule has 0 unspecified atom stereocenters. The molecule has 0 saturated carbocycles. The summed E-state index contributed by atoms with van der Waals surface area (Å²) in [4.78, 5) is 10.3. The summed E-state index contributed by atoms with van der Waals surface area (Å²) in [7, 11) is 0. The zero-order valence-corrected chi connectivity index (χ0v) is 6.44. The first-order valence-electron chi connectivity index (χ1n) is 3.73. The molecule has 0 heterocycles. The van der Waals surface area contributed by atoms with Crippen LogP contribution >= 0.6 is 0 Å². The number of Topliss-reactive ketones (excluding diaryl/α,β-unsaturated/α-hetero) is 1. The van der Waals surface area contributed by atoms with E-state index in [0.717, 1.165) is 25.7 Å². The lowest BCUT2D eigenvalue weighted by Gasteiger charge is -1.94. The molecule has 0 rings (SSSR count). The van der Waals surface area contributed by atoms with E-state index in [9.17, 15) is 4.79 Å². The number of hydrogen-bond acceptors (Lipinski definition) is 1. The number of carbonyl (C=O) groups is 1. The lowest BCUT2D eigenvalue weighted by molar-refractivity contribution is -0.114. The Morgan fingerprint density at radius 3 is 2.50 bits per heavy atom. The van der Waals surface area contributed by atoms with Gasteiger partial charge in [-0.15, -0.1) is 6.58 Å². The highest BCUT2D eigenvalue weighted by atomic mass is 16.1. The first kappa shape index (κ1) is 9.41. The first-order valence-corrected chi connectivity index (χ1v) is 3.73. The maximum atomic E-state index is 10.3. The summed E-state index contributed by atoms with van der Waals surface area (Å²) in [5.74, 6) is 0.0543. The highest BCUT2D eigenvalue weighted by Crippen LogP contribution is 2.02. The molecule has 0 aromatic carbocycles. The van der Waals surface area contributed by atoms with E-state index in [1.54, 1.807) is 0 Å². The molecule has 0 spiro atoms. The van der Waals surface area contributed by atoms with Crippen molar-refractivity contribution in [3.63, 3.8) is 0 Å². The van der Waals surface area contributed by atoms with E-state index in [2.05, 4.69) is 13.5 Å². The van der Waals surface area contributed by atoms with Crippen LogP contribution in [0.1, 0.15) is 32.1 Å². The van der Waals surface area contributed by atoms with Gasteiger partial charge in [-0.1, -0.05) is 12.5 Å². The summed E-state index contributed by atoms with van der Waals surface area (Å²) < 4.78 is 0. The van der Waals surface area contributed by atoms with Crippen molar-refractivity contribution >= 4 is 5.78 Å². The molecule has 0 bridgehead atoms. The van der Waals surface area contributed by atoms with Crippen molar-refractivity contribution in [2.24, 2.45) is 0 Å². The molecular weight excluding hydrogens is 124 g/mol. The van der Waals surface area contributed by atoms with E-state index < -0.39 is 0 Å². The van der Waals surface area contributed by atoms with E-state index in [-0.39, 0.29) is 5.78 Å². The van der Waals surface area contributed by atoms with Gasteiger partial charge in [0.15, 0.2) is 0 Å². The molecule has 0 saturated heterocycles. The van der Waals surface area contributed by atoms with Crippen molar-refractivity contribution in [1.29, 1.82) is 0 Å². The van der Waals surface area contributed by atoms with Gasteiger partial charge < -0.3 is 0 Å². The number of unbranched alkanes of at least 4 members (excludes halogenated alkanes) is 3. The Bertz CT molecular complexity index is 105. The molecule has 57 valence electrons. The van der Waals surface area contributed by atoms with Crippen LogP contribution in [0, 0.1) is 6.92 Å². The Morgan fingerprint density at radius 2 is 2.00 bits per heavy atom. The number of allylic oxidation sites excluding steroid dienone is 1. The zero-order valence-electron chi connectivity index (χ0n) is 6.44. The van der Waals surface area contributed by atoms with Crippen LogP contribution in [0.4, 0.5) is 0 Å². The molecule has 0 atom stereocenters. The monoisotopic (exact) mass is 139 g/mol. The molecule has 0 aromatic heterocycles. The Hall–Kier alpha value is -0.590. The number of carbonyl (C=O) groups excluding carboxylic acids is 1. The normalized spacial score (nSPS) is 9.30. The summed E-state index contributed by atoms with van der Waals surface area (Å²) in [5.41, 5.74) is 0. The third-order valence-electron chi connectivity index (χ3n) is 1.36. The summed E-state index contributed by atoms with van der Waals surface area (Å²) in [6, 6.07) is 0. The maximum Gasteiger partial charge on any atom is 0.133 e. The first-order chi connectivity index (χ1) is 4.77. The third kappa shape index (κ3) is 7.41. The van der Waals surface area contributed by atoms with E-state index in [0.29, 0.717) is 6.42 Å². The Morgan fingerprint density at radius 1 is 1.30 bits per heavy atom. The molecule has 0 aliphatic rings. The summed E-state index contributed by atoms with van der Waals surface area (Å²) in [6.07, 6.45) is 6.86. The fourth-order valence-corrected chi connectivity index (χ4v) is 0.788. The summed E-state index contributed by atoms with van der Waals surface area (Å²) in [5, 5.41) is 0. The van der Waals surface area contributed by atoms with Crippen molar-refractivity contribution in [2.75, 3.05) is 0 Å². The van der Waals surface area contributed by atoms with E-state index in [1.807, 2.05) is 6.08 Å². The highest BCUT2D eigenvalue weighted by molar-refractivity contribution is 5.82. The van der Waals surface area contributed by atoms with Crippen LogP contribution in [0.3, 0.4) is 0 Å². The van der Waals surface area contributed by atoms with Gasteiger partial charge in [-0.25, -0.2) is 0 Å². The van der Waals surface area contributed by atoms with E-state index in [4.69, 9.17) is 0 Å². The number of rotatable bonds is 6. The Kier molecular flexibility index (Phi) is 6.14. The van der Waals surface area contributed by atoms with Crippen molar-refractivity contribution in [3.8, 4) is 0 Å². The van der Waals surface area contributed by atoms with Crippen LogP contribution in [0.15, 0.2) is 12.7 Å². The van der Waals surface area contributed by atoms with Gasteiger partial charge in [0, 0.05) is 13.3 Å². The Balaban J connectivity index is 2.90. The van der Waals surface area contributed by atoms with Crippen molar-refractivity contribution in [2.45, 2.75) is 32.1 Å². The smallest absolute Gasteiger partial charge is 0.133 e. The van der Waals surface area contributed by atoms with Crippen molar-refractivity contribution < 1.29 is 4.79 Å². The van der Waals surface area contributed by atoms with Gasteiger partial charge >= 0.3 is 0 Å². The molecule has 0 aromatic rings. The van der Waals surface area contributed by atoms with Crippen LogP contribution < -0.4 is 0 Å². The minimum Gasteiger partial charge on any atom is -0.300 e. The molecule has 10 heavy (non-hydrogen) atoms. The zero-order chi connectivity index (χ0) is 7.82. The van der Waals surface area contributed by atoms with Gasteiger partial charge in [-0.05, 0) is 19.3 Å². The minimum atomic E-state index is 0.0543. The molecule has 0 N–H and O–H groups in total. The van der Waals surface area contributed by atoms with Gasteiger partial charge in [0.05, 0.1) is 0 Å². The molecule has 0 aliphatic heterocycles. The van der Waals surface area contributed by atoms with Gasteiger partial charge in [-0.3, -0.25) is 4.79 Å². The fourth-order valence-electron chi connectivity index (χ4n) is 0.788. The lowest BCUT2D eigenvalue weighted by Crippen LogP contribution is -1.88. The number of ketones is 1. The fraction of sp³-hybridized carbons (Fsp3) is 0.556. The third-order valence-corrected chi connectivity index (χ3v) is 1.36. The SMILES string of the molecule is [CH2]C(=O)CCCCCC=C. The van der Waals surface area contributed by atoms with Gasteiger partial charge in [-0.2, -0.15) is 0 Å². The maximum absolute atomic E-state index is 10.3. The average molecular weight is 139 g/mol. The van der Waals surface area contributed by atoms with Crippen LogP contribution in [0.2, 0.25) is 0 Å². The van der Waals surface area contributed by atoms with E-state index in [1.165, 1.54) is 0 Å². The average Bonchev–Trinajstić information content (AvgIpc) is 1.87. The van der Waals surface area contributed by atoms with Crippen LogP contribution in [-0.2, 0) is 4.79 Å². The molecule has 0 amide bonds. The second kappa shape index (κ2) is 6.53. The van der Waals surface area contributed by atoms with Gasteiger partial charge in [0.25, 0.3) is 0 Å². The molecule has 1 radical (unpaired) electrons. The molecule has 0 aliphatic carbocycles. The molecule has 1 heteroatoms. The van der Waals surface area contributed by atoms with Crippen molar-refractivity contribution in [1.82, 2.24) is 0 Å². The Labute approximate surface area is 63.1 Å². The second-order valence-electron chi connectivity index (χ2n) is 2.43. The standard InChI is InChI=1S/C9H15O/c1-3-4-5-6-7-8-9(2)10/h3H,1-2,4-8H2. The van der Waals surface area contributed by atoms with Crippen LogP contribution in [-0.4, -0.2) is 5.78 Å². The highest BCUT2D eigenvalue weighted by Gasteiger charge is 1.91. The van der Waals surface area contributed by atoms with Crippen LogP contribution in [0.25, 0.3) is 0 Å².